The molecule has 1 N–H and O–H groups in total. The van der Waals surface area contributed by atoms with Gasteiger partial charge in [0.25, 0.3) is 0 Å². The lowest BCUT2D eigenvalue weighted by molar-refractivity contribution is 0.0532. The first-order chi connectivity index (χ1) is 14.1. The minimum Gasteiger partial charge on any atom is -0.462 e. The number of carbonyl (C=O) groups is 1. The van der Waals surface area contributed by atoms with Crippen molar-refractivity contribution in [2.24, 2.45) is 0 Å². The van der Waals surface area contributed by atoms with Crippen LogP contribution in [0.25, 0.3) is 10.7 Å². The highest BCUT2D eigenvalue weighted by atomic mass is 32.1. The van der Waals surface area contributed by atoms with Crippen molar-refractivity contribution in [3.8, 4) is 10.7 Å². The van der Waals surface area contributed by atoms with Gasteiger partial charge in [0.15, 0.2) is 0 Å². The number of thiazole rings is 1. The SMILES string of the molecule is CCOC(=O)c1cnc(-c2ccc(NCC3(c4ncccc4F)CCC3)nn2)s1. The number of nitrogens with one attached hydrogen (secondary N) is 1. The molecule has 1 saturated carbocycles. The van der Waals surface area contributed by atoms with Crippen LogP contribution in [0.1, 0.15) is 41.6 Å². The van der Waals surface area contributed by atoms with Crippen LogP contribution in [-0.2, 0) is 10.2 Å². The number of ether oxygens (including phenoxy) is 1. The third-order valence-electron chi connectivity index (χ3n) is 5.05. The third kappa shape index (κ3) is 3.95. The van der Waals surface area contributed by atoms with Crippen LogP contribution in [0, 0.1) is 5.82 Å². The van der Waals surface area contributed by atoms with E-state index in [2.05, 4.69) is 25.5 Å². The number of anilines is 1. The summed E-state index contributed by atoms with van der Waals surface area (Å²) in [5.41, 5.74) is 0.776. The van der Waals surface area contributed by atoms with Crippen LogP contribution >= 0.6 is 11.3 Å². The van der Waals surface area contributed by atoms with Crippen molar-refractivity contribution in [3.05, 3.63) is 53.0 Å². The van der Waals surface area contributed by atoms with Gasteiger partial charge in [0.2, 0.25) is 0 Å². The largest absolute Gasteiger partial charge is 0.462 e. The molecule has 0 radical (unpaired) electrons. The van der Waals surface area contributed by atoms with Gasteiger partial charge in [-0.3, -0.25) is 4.98 Å². The Balaban J connectivity index is 1.44. The molecule has 3 heterocycles. The maximum absolute atomic E-state index is 14.2. The molecule has 0 bridgehead atoms. The lowest BCUT2D eigenvalue weighted by atomic mass is 9.66. The van der Waals surface area contributed by atoms with Crippen LogP contribution in [0.5, 0.6) is 0 Å². The van der Waals surface area contributed by atoms with Gasteiger partial charge >= 0.3 is 5.97 Å². The summed E-state index contributed by atoms with van der Waals surface area (Å²) >= 11 is 1.21. The lowest BCUT2D eigenvalue weighted by Crippen LogP contribution is -2.42. The molecular weight excluding hydrogens is 393 g/mol. The van der Waals surface area contributed by atoms with Crippen LogP contribution < -0.4 is 5.32 Å². The van der Waals surface area contributed by atoms with E-state index < -0.39 is 5.97 Å². The van der Waals surface area contributed by atoms with Crippen molar-refractivity contribution in [2.75, 3.05) is 18.5 Å². The average Bonchev–Trinajstić information content (AvgIpc) is 3.19. The van der Waals surface area contributed by atoms with E-state index in [4.69, 9.17) is 4.74 Å². The summed E-state index contributed by atoms with van der Waals surface area (Å²) < 4.78 is 19.2. The van der Waals surface area contributed by atoms with Crippen molar-refractivity contribution in [1.29, 1.82) is 0 Å². The Labute approximate surface area is 171 Å². The second kappa shape index (κ2) is 8.20. The van der Waals surface area contributed by atoms with Gasteiger partial charge in [-0.2, -0.15) is 0 Å². The molecule has 3 aromatic rings. The first-order valence-corrected chi connectivity index (χ1v) is 10.2. The molecule has 0 atom stereocenters. The first kappa shape index (κ1) is 19.4. The number of hydrogen-bond acceptors (Lipinski definition) is 8. The maximum Gasteiger partial charge on any atom is 0.349 e. The van der Waals surface area contributed by atoms with Gasteiger partial charge in [-0.15, -0.1) is 21.5 Å². The highest BCUT2D eigenvalue weighted by Crippen LogP contribution is 2.43. The fraction of sp³-hybridized carbons (Fsp3) is 0.350. The second-order valence-corrected chi connectivity index (χ2v) is 7.91. The van der Waals surface area contributed by atoms with E-state index in [1.54, 1.807) is 31.3 Å². The summed E-state index contributed by atoms with van der Waals surface area (Å²) in [6.07, 6.45) is 5.93. The highest BCUT2D eigenvalue weighted by Gasteiger charge is 2.41. The van der Waals surface area contributed by atoms with Crippen molar-refractivity contribution in [2.45, 2.75) is 31.6 Å². The summed E-state index contributed by atoms with van der Waals surface area (Å²) in [4.78, 5) is 20.7. The van der Waals surface area contributed by atoms with E-state index in [0.717, 1.165) is 19.3 Å². The van der Waals surface area contributed by atoms with Crippen LogP contribution in [0.2, 0.25) is 0 Å². The molecule has 0 saturated heterocycles. The first-order valence-electron chi connectivity index (χ1n) is 9.43. The summed E-state index contributed by atoms with van der Waals surface area (Å²) in [7, 11) is 0. The van der Waals surface area contributed by atoms with Gasteiger partial charge < -0.3 is 10.1 Å². The van der Waals surface area contributed by atoms with Gasteiger partial charge in [-0.25, -0.2) is 14.2 Å². The van der Waals surface area contributed by atoms with Crippen LogP contribution in [0.3, 0.4) is 0 Å². The number of pyridine rings is 1. The fourth-order valence-corrected chi connectivity index (χ4v) is 4.14. The highest BCUT2D eigenvalue weighted by molar-refractivity contribution is 7.16. The summed E-state index contributed by atoms with van der Waals surface area (Å²) in [6, 6.07) is 6.65. The number of nitrogens with zero attached hydrogens (tertiary/aromatic N) is 4. The normalized spacial score (nSPS) is 14.8. The Morgan fingerprint density at radius 1 is 1.28 bits per heavy atom. The molecule has 4 rings (SSSR count). The zero-order valence-electron chi connectivity index (χ0n) is 15.9. The molecule has 150 valence electrons. The fourth-order valence-electron chi connectivity index (χ4n) is 3.37. The zero-order chi connectivity index (χ0) is 20.3. The van der Waals surface area contributed by atoms with E-state index >= 15 is 0 Å². The summed E-state index contributed by atoms with van der Waals surface area (Å²) in [5, 5.41) is 12.3. The predicted octanol–water partition coefficient (Wildman–Crippen LogP) is 3.84. The van der Waals surface area contributed by atoms with Crippen molar-refractivity contribution >= 4 is 23.1 Å². The minimum atomic E-state index is -0.393. The standard InChI is InChI=1S/C20H20FN5O2S/c1-2-28-19(27)15-11-23-18(29-15)14-6-7-16(26-25-14)24-12-20(8-4-9-20)17-13(21)5-3-10-22-17/h3,5-7,10-11H,2,4,8-9,12H2,1H3,(H,24,26). The molecule has 0 aromatic carbocycles. The van der Waals surface area contributed by atoms with Gasteiger partial charge in [-0.1, -0.05) is 6.42 Å². The number of esters is 1. The Morgan fingerprint density at radius 2 is 2.14 bits per heavy atom. The van der Waals surface area contributed by atoms with Gasteiger partial charge in [0.1, 0.15) is 27.2 Å². The van der Waals surface area contributed by atoms with E-state index in [0.29, 0.717) is 40.2 Å². The maximum atomic E-state index is 14.2. The molecule has 7 nitrogen and oxygen atoms in total. The Morgan fingerprint density at radius 3 is 2.79 bits per heavy atom. The van der Waals surface area contributed by atoms with Crippen LogP contribution in [-0.4, -0.2) is 39.3 Å². The van der Waals surface area contributed by atoms with E-state index in [-0.39, 0.29) is 11.2 Å². The van der Waals surface area contributed by atoms with Gasteiger partial charge in [0.05, 0.1) is 18.5 Å². The minimum absolute atomic E-state index is 0.267. The Kier molecular flexibility index (Phi) is 5.48. The van der Waals surface area contributed by atoms with E-state index in [1.807, 2.05) is 0 Å². The molecule has 1 aliphatic rings. The Hall–Kier alpha value is -2.94. The molecule has 1 aliphatic carbocycles. The monoisotopic (exact) mass is 413 g/mol. The topological polar surface area (TPSA) is 89.9 Å². The number of aromatic nitrogens is 4. The third-order valence-corrected chi connectivity index (χ3v) is 6.05. The van der Waals surface area contributed by atoms with Gasteiger partial charge in [-0.05, 0) is 44.0 Å². The summed E-state index contributed by atoms with van der Waals surface area (Å²) in [5.74, 6) is -0.0646. The molecule has 0 unspecified atom stereocenters. The Bertz CT molecular complexity index is 1000. The molecule has 3 aromatic heterocycles. The number of rotatable bonds is 7. The number of carbonyl (C=O) groups excluding carboxylic acids is 1. The second-order valence-electron chi connectivity index (χ2n) is 6.88. The number of halogens is 1. The van der Waals surface area contributed by atoms with Crippen LogP contribution in [0.4, 0.5) is 10.2 Å². The smallest absolute Gasteiger partial charge is 0.349 e. The van der Waals surface area contributed by atoms with Crippen molar-refractivity contribution in [1.82, 2.24) is 20.2 Å². The van der Waals surface area contributed by atoms with Gasteiger partial charge in [0, 0.05) is 18.2 Å². The zero-order valence-corrected chi connectivity index (χ0v) is 16.7. The molecule has 0 amide bonds. The molecule has 0 spiro atoms. The molecule has 1 fully saturated rings. The van der Waals surface area contributed by atoms with Crippen molar-refractivity contribution in [3.63, 3.8) is 0 Å². The van der Waals surface area contributed by atoms with E-state index in [9.17, 15) is 9.18 Å². The predicted molar refractivity (Wildman–Crippen MR) is 107 cm³/mol. The quantitative estimate of drug-likeness (QED) is 0.589. The molecule has 0 aliphatic heterocycles. The number of hydrogen-bond donors (Lipinski definition) is 1. The summed E-state index contributed by atoms with van der Waals surface area (Å²) in [6.45, 7) is 2.61. The molecule has 9 heteroatoms. The average molecular weight is 413 g/mol. The molecular formula is C20H20FN5O2S. The van der Waals surface area contributed by atoms with Crippen molar-refractivity contribution < 1.29 is 13.9 Å². The molecule has 29 heavy (non-hydrogen) atoms. The van der Waals surface area contributed by atoms with Crippen LogP contribution in [0.15, 0.2) is 36.7 Å². The lowest BCUT2D eigenvalue weighted by Gasteiger charge is -2.41. The van der Waals surface area contributed by atoms with E-state index in [1.165, 1.54) is 23.6 Å².